The van der Waals surface area contributed by atoms with Gasteiger partial charge in [-0.3, -0.25) is 4.79 Å². The van der Waals surface area contributed by atoms with Crippen molar-refractivity contribution in [2.24, 2.45) is 11.8 Å². The van der Waals surface area contributed by atoms with E-state index in [9.17, 15) is 14.3 Å². The zero-order valence-corrected chi connectivity index (χ0v) is 9.42. The van der Waals surface area contributed by atoms with Crippen molar-refractivity contribution in [3.8, 4) is 0 Å². The van der Waals surface area contributed by atoms with Gasteiger partial charge in [-0.15, -0.1) is 0 Å². The molecular formula is C12H19FO2. The zero-order chi connectivity index (χ0) is 11.6. The Hall–Kier alpha value is -0.860. The summed E-state index contributed by atoms with van der Waals surface area (Å²) >= 11 is 0. The van der Waals surface area contributed by atoms with Gasteiger partial charge in [-0.25, -0.2) is 4.39 Å². The van der Waals surface area contributed by atoms with Crippen molar-refractivity contribution in [3.63, 3.8) is 0 Å². The Morgan fingerprint density at radius 2 is 1.93 bits per heavy atom. The first-order chi connectivity index (χ1) is 6.87. The van der Waals surface area contributed by atoms with Crippen LogP contribution in [-0.4, -0.2) is 16.6 Å². The molecule has 0 atom stereocenters. The molecule has 0 unspecified atom stereocenters. The molecule has 0 aromatic rings. The molecule has 3 heteroatoms. The van der Waals surface area contributed by atoms with Crippen LogP contribution in [0.25, 0.3) is 0 Å². The molecule has 1 fully saturated rings. The molecule has 0 heterocycles. The van der Waals surface area contributed by atoms with Crippen LogP contribution in [0.4, 0.5) is 4.39 Å². The van der Waals surface area contributed by atoms with Crippen LogP contribution in [0.2, 0.25) is 0 Å². The molecule has 0 aliphatic heterocycles. The Kier molecular flexibility index (Phi) is 3.53. The molecule has 1 aliphatic rings. The first-order valence-corrected chi connectivity index (χ1v) is 5.48. The molecule has 0 radical (unpaired) electrons. The Morgan fingerprint density at radius 1 is 1.47 bits per heavy atom. The quantitative estimate of drug-likeness (QED) is 0.732. The second-order valence-corrected chi connectivity index (χ2v) is 4.75. The van der Waals surface area contributed by atoms with Gasteiger partial charge < -0.3 is 5.11 Å². The lowest BCUT2D eigenvalue weighted by atomic mass is 9.75. The third-order valence-corrected chi connectivity index (χ3v) is 3.22. The van der Waals surface area contributed by atoms with Gasteiger partial charge in [-0.05, 0) is 25.7 Å². The number of alkyl halides is 1. The van der Waals surface area contributed by atoms with Gasteiger partial charge in [0, 0.05) is 11.8 Å². The van der Waals surface area contributed by atoms with Crippen LogP contribution in [0.15, 0.2) is 12.3 Å². The van der Waals surface area contributed by atoms with Gasteiger partial charge >= 0.3 is 0 Å². The predicted octanol–water partition coefficient (Wildman–Crippen LogP) is 3.18. The van der Waals surface area contributed by atoms with E-state index in [2.05, 4.69) is 6.58 Å². The lowest BCUT2D eigenvalue weighted by Crippen LogP contribution is -2.40. The lowest BCUT2D eigenvalue weighted by molar-refractivity contribution is -0.136. The molecule has 0 aromatic carbocycles. The molecule has 0 bridgehead atoms. The maximum Gasteiger partial charge on any atom is 0.172 e. The number of hydrogen-bond acceptors (Lipinski definition) is 2. The second kappa shape index (κ2) is 4.33. The van der Waals surface area contributed by atoms with Crippen LogP contribution < -0.4 is 0 Å². The number of halogens is 1. The van der Waals surface area contributed by atoms with Crippen LogP contribution in [0.3, 0.4) is 0 Å². The van der Waals surface area contributed by atoms with Gasteiger partial charge in [0.05, 0.1) is 5.76 Å². The van der Waals surface area contributed by atoms with Gasteiger partial charge in [0.2, 0.25) is 0 Å². The SMILES string of the molecule is C=C(O)C1CCC(F)(C(=O)C(C)C)CC1. The highest BCUT2D eigenvalue weighted by molar-refractivity contribution is 5.88. The van der Waals surface area contributed by atoms with E-state index in [-0.39, 0.29) is 36.2 Å². The maximum atomic E-state index is 14.2. The molecule has 0 aromatic heterocycles. The Bertz CT molecular complexity index is 263. The molecule has 1 aliphatic carbocycles. The summed E-state index contributed by atoms with van der Waals surface area (Å²) in [4.78, 5) is 11.6. The summed E-state index contributed by atoms with van der Waals surface area (Å²) in [5, 5.41) is 9.19. The average molecular weight is 214 g/mol. The fraction of sp³-hybridized carbons (Fsp3) is 0.750. The van der Waals surface area contributed by atoms with Crippen LogP contribution in [0.1, 0.15) is 39.5 Å². The van der Waals surface area contributed by atoms with E-state index in [1.54, 1.807) is 13.8 Å². The smallest absolute Gasteiger partial charge is 0.172 e. The van der Waals surface area contributed by atoms with Crippen LogP contribution in [0, 0.1) is 11.8 Å². The van der Waals surface area contributed by atoms with Crippen LogP contribution >= 0.6 is 0 Å². The number of rotatable bonds is 3. The van der Waals surface area contributed by atoms with Gasteiger partial charge in [0.15, 0.2) is 11.5 Å². The summed E-state index contributed by atoms with van der Waals surface area (Å²) in [6.45, 7) is 6.90. The van der Waals surface area contributed by atoms with Gasteiger partial charge in [0.25, 0.3) is 0 Å². The number of carbonyl (C=O) groups excluding carboxylic acids is 1. The topological polar surface area (TPSA) is 37.3 Å². The Labute approximate surface area is 90.2 Å². The highest BCUT2D eigenvalue weighted by Crippen LogP contribution is 2.39. The van der Waals surface area contributed by atoms with E-state index in [0.717, 1.165) is 0 Å². The monoisotopic (exact) mass is 214 g/mol. The molecule has 2 nitrogen and oxygen atoms in total. The van der Waals surface area contributed by atoms with Crippen molar-refractivity contribution in [1.82, 2.24) is 0 Å². The van der Waals surface area contributed by atoms with Crippen molar-refractivity contribution in [1.29, 1.82) is 0 Å². The largest absolute Gasteiger partial charge is 0.513 e. The summed E-state index contributed by atoms with van der Waals surface area (Å²) < 4.78 is 14.2. The van der Waals surface area contributed by atoms with E-state index in [0.29, 0.717) is 12.8 Å². The highest BCUT2D eigenvalue weighted by Gasteiger charge is 2.43. The highest BCUT2D eigenvalue weighted by atomic mass is 19.1. The van der Waals surface area contributed by atoms with Gasteiger partial charge in [-0.1, -0.05) is 20.4 Å². The number of aliphatic hydroxyl groups excluding tert-OH is 1. The molecule has 1 saturated carbocycles. The van der Waals surface area contributed by atoms with E-state index in [1.165, 1.54) is 0 Å². The standard InChI is InChI=1S/C12H19FO2/c1-8(2)11(15)12(13)6-4-10(5-7-12)9(3)14/h8,10,14H,3-7H2,1-2H3. The van der Waals surface area contributed by atoms with E-state index >= 15 is 0 Å². The molecular weight excluding hydrogens is 195 g/mol. The minimum atomic E-state index is -1.67. The summed E-state index contributed by atoms with van der Waals surface area (Å²) in [6.07, 6.45) is 1.47. The van der Waals surface area contributed by atoms with Crippen molar-refractivity contribution in [2.75, 3.05) is 0 Å². The summed E-state index contributed by atoms with van der Waals surface area (Å²) in [7, 11) is 0. The normalized spacial score (nSPS) is 31.6. The molecule has 0 spiro atoms. The van der Waals surface area contributed by atoms with Gasteiger partial charge in [0.1, 0.15) is 0 Å². The first kappa shape index (κ1) is 12.2. The Morgan fingerprint density at radius 3 is 2.27 bits per heavy atom. The summed E-state index contributed by atoms with van der Waals surface area (Å²) in [6, 6.07) is 0. The van der Waals surface area contributed by atoms with E-state index in [1.807, 2.05) is 0 Å². The van der Waals surface area contributed by atoms with Crippen molar-refractivity contribution < 1.29 is 14.3 Å². The molecule has 15 heavy (non-hydrogen) atoms. The summed E-state index contributed by atoms with van der Waals surface area (Å²) in [5.74, 6) is -0.476. The minimum absolute atomic E-state index is 0.0335. The minimum Gasteiger partial charge on any atom is -0.513 e. The number of allylic oxidation sites excluding steroid dienone is 1. The zero-order valence-electron chi connectivity index (χ0n) is 9.42. The molecule has 1 N–H and O–H groups in total. The number of hydrogen-bond donors (Lipinski definition) is 1. The van der Waals surface area contributed by atoms with Crippen molar-refractivity contribution >= 4 is 5.78 Å². The predicted molar refractivity (Wildman–Crippen MR) is 57.4 cm³/mol. The fourth-order valence-electron chi connectivity index (χ4n) is 2.17. The van der Waals surface area contributed by atoms with Crippen molar-refractivity contribution in [3.05, 3.63) is 12.3 Å². The second-order valence-electron chi connectivity index (χ2n) is 4.75. The van der Waals surface area contributed by atoms with Crippen LogP contribution in [-0.2, 0) is 4.79 Å². The third-order valence-electron chi connectivity index (χ3n) is 3.22. The van der Waals surface area contributed by atoms with Gasteiger partial charge in [-0.2, -0.15) is 0 Å². The first-order valence-electron chi connectivity index (χ1n) is 5.48. The number of ketones is 1. The summed E-state index contributed by atoms with van der Waals surface area (Å²) in [5.41, 5.74) is -1.67. The Balaban J connectivity index is 2.62. The van der Waals surface area contributed by atoms with E-state index in [4.69, 9.17) is 0 Å². The molecule has 0 amide bonds. The average Bonchev–Trinajstić information content (AvgIpc) is 2.17. The maximum absolute atomic E-state index is 14.2. The van der Waals surface area contributed by atoms with Crippen LogP contribution in [0.5, 0.6) is 0 Å². The number of Topliss-reactive ketones (excluding diaryl/α,β-unsaturated/α-hetero) is 1. The van der Waals surface area contributed by atoms with Crippen molar-refractivity contribution in [2.45, 2.75) is 45.2 Å². The van der Waals surface area contributed by atoms with E-state index < -0.39 is 5.67 Å². The number of carbonyl (C=O) groups is 1. The third kappa shape index (κ3) is 2.58. The molecule has 1 rings (SSSR count). The lowest BCUT2D eigenvalue weighted by Gasteiger charge is -2.33. The number of aliphatic hydroxyl groups is 1. The molecule has 86 valence electrons. The molecule has 0 saturated heterocycles. The fourth-order valence-corrected chi connectivity index (χ4v) is 2.17.